The van der Waals surface area contributed by atoms with Crippen molar-refractivity contribution >= 4 is 23.5 Å². The molecule has 18 heavy (non-hydrogen) atoms. The van der Waals surface area contributed by atoms with Crippen molar-refractivity contribution in [2.45, 2.75) is 27.5 Å². The predicted octanol–water partition coefficient (Wildman–Crippen LogP) is 4.80. The van der Waals surface area contributed by atoms with Crippen molar-refractivity contribution in [3.05, 3.63) is 53.3 Å². The molecule has 1 aliphatic rings. The average molecular weight is 276 g/mol. The summed E-state index contributed by atoms with van der Waals surface area (Å²) in [5.74, 6) is -0.134. The van der Waals surface area contributed by atoms with E-state index in [4.69, 9.17) is 0 Å². The van der Waals surface area contributed by atoms with Gasteiger partial charge in [0.25, 0.3) is 0 Å². The smallest absolute Gasteiger partial charge is 0.123 e. The van der Waals surface area contributed by atoms with Crippen molar-refractivity contribution in [1.29, 1.82) is 0 Å². The topological polar surface area (TPSA) is 0 Å². The van der Waals surface area contributed by atoms with Gasteiger partial charge in [-0.15, -0.1) is 11.8 Å². The highest BCUT2D eigenvalue weighted by molar-refractivity contribution is 7.99. The van der Waals surface area contributed by atoms with Gasteiger partial charge in [0.1, 0.15) is 5.82 Å². The van der Waals surface area contributed by atoms with Gasteiger partial charge in [0.05, 0.1) is 0 Å². The van der Waals surface area contributed by atoms with Crippen LogP contribution in [0.5, 0.6) is 0 Å². The second-order valence-electron chi connectivity index (χ2n) is 4.33. The molecule has 0 aromatic heterocycles. The van der Waals surface area contributed by atoms with Gasteiger partial charge < -0.3 is 0 Å². The van der Waals surface area contributed by atoms with Crippen molar-refractivity contribution in [1.82, 2.24) is 0 Å². The Hall–Kier alpha value is -0.930. The van der Waals surface area contributed by atoms with E-state index in [0.717, 1.165) is 18.4 Å². The molecule has 0 bridgehead atoms. The summed E-state index contributed by atoms with van der Waals surface area (Å²) < 4.78 is 13.3. The van der Waals surface area contributed by atoms with Crippen LogP contribution in [0.15, 0.2) is 51.1 Å². The highest BCUT2D eigenvalue weighted by atomic mass is 32.2. The Morgan fingerprint density at radius 2 is 1.67 bits per heavy atom. The number of thioether (sulfide) groups is 1. The Labute approximate surface area is 115 Å². The van der Waals surface area contributed by atoms with Crippen LogP contribution < -0.4 is 0 Å². The summed E-state index contributed by atoms with van der Waals surface area (Å²) in [6.45, 7) is 0. The summed E-state index contributed by atoms with van der Waals surface area (Å²) in [6.07, 6.45) is 4.01. The normalized spacial score (nSPS) is 13.7. The molecule has 0 radical (unpaired) electrons. The van der Waals surface area contributed by atoms with Crippen molar-refractivity contribution in [3.63, 3.8) is 0 Å². The fourth-order valence-electron chi connectivity index (χ4n) is 2.21. The van der Waals surface area contributed by atoms with E-state index in [-0.39, 0.29) is 5.82 Å². The molecule has 92 valence electrons. The first-order chi connectivity index (χ1) is 8.76. The molecule has 3 rings (SSSR count). The second-order valence-corrected chi connectivity index (χ2v) is 6.29. The molecular formula is C15H13FS2. The lowest BCUT2D eigenvalue weighted by Crippen LogP contribution is -1.91. The molecule has 0 aliphatic carbocycles. The minimum atomic E-state index is -0.134. The maximum atomic E-state index is 13.3. The van der Waals surface area contributed by atoms with Gasteiger partial charge in [-0.2, -0.15) is 0 Å². The fourth-order valence-corrected chi connectivity index (χ4v) is 3.77. The lowest BCUT2D eigenvalue weighted by atomic mass is 10.0. The quantitative estimate of drug-likeness (QED) is 0.686. The van der Waals surface area contributed by atoms with Gasteiger partial charge in [0.2, 0.25) is 0 Å². The molecule has 2 aromatic rings. The molecular weight excluding hydrogens is 263 g/mol. The zero-order valence-electron chi connectivity index (χ0n) is 10.1. The Kier molecular flexibility index (Phi) is 3.35. The Morgan fingerprint density at radius 1 is 1.00 bits per heavy atom. The van der Waals surface area contributed by atoms with Crippen molar-refractivity contribution in [2.24, 2.45) is 0 Å². The number of hydrogen-bond donors (Lipinski definition) is 0. The zero-order chi connectivity index (χ0) is 12.5. The largest absolute Gasteiger partial charge is 0.207 e. The predicted molar refractivity (Wildman–Crippen MR) is 76.2 cm³/mol. The van der Waals surface area contributed by atoms with E-state index >= 15 is 0 Å². The minimum Gasteiger partial charge on any atom is -0.207 e. The van der Waals surface area contributed by atoms with E-state index in [9.17, 15) is 4.39 Å². The molecule has 0 nitrogen and oxygen atoms in total. The minimum absolute atomic E-state index is 0.134. The van der Waals surface area contributed by atoms with Gasteiger partial charge >= 0.3 is 0 Å². The molecule has 0 saturated heterocycles. The van der Waals surface area contributed by atoms with Crippen LogP contribution >= 0.6 is 23.5 Å². The van der Waals surface area contributed by atoms with E-state index in [2.05, 4.69) is 24.5 Å². The second kappa shape index (κ2) is 4.98. The lowest BCUT2D eigenvalue weighted by Gasteiger charge is -2.06. The zero-order valence-corrected chi connectivity index (χ0v) is 11.7. The third-order valence-corrected chi connectivity index (χ3v) is 5.14. The summed E-state index contributed by atoms with van der Waals surface area (Å²) in [5, 5.41) is 0. The average Bonchev–Trinajstić information content (AvgIpc) is 2.57. The molecule has 0 unspecified atom stereocenters. The Balaban J connectivity index is 2.02. The van der Waals surface area contributed by atoms with Crippen LogP contribution in [-0.2, 0) is 12.8 Å². The standard InChI is InChI=1S/C15H13FS2/c1-17-13-5-7-15-11(9-13)3-2-10-8-12(16)4-6-14(10)18-15/h4-9H,2-3H2,1H3. The Morgan fingerprint density at radius 3 is 2.39 bits per heavy atom. The van der Waals surface area contributed by atoms with Gasteiger partial charge in [0.15, 0.2) is 0 Å². The number of halogens is 1. The molecule has 0 fully saturated rings. The summed E-state index contributed by atoms with van der Waals surface area (Å²) in [4.78, 5) is 3.79. The SMILES string of the molecule is CSc1ccc2c(c1)CCc1cc(F)ccc1S2. The first-order valence-corrected chi connectivity index (χ1v) is 7.93. The number of benzene rings is 2. The molecule has 1 heterocycles. The van der Waals surface area contributed by atoms with Crippen molar-refractivity contribution < 1.29 is 4.39 Å². The third kappa shape index (κ3) is 2.29. The van der Waals surface area contributed by atoms with E-state index in [1.54, 1.807) is 35.7 Å². The molecule has 3 heteroatoms. The van der Waals surface area contributed by atoms with Crippen molar-refractivity contribution in [3.8, 4) is 0 Å². The third-order valence-electron chi connectivity index (χ3n) is 3.17. The van der Waals surface area contributed by atoms with Gasteiger partial charge in [-0.25, -0.2) is 4.39 Å². The number of aryl methyl sites for hydroxylation is 2. The maximum Gasteiger partial charge on any atom is 0.123 e. The molecule has 0 spiro atoms. The van der Waals surface area contributed by atoms with E-state index in [1.165, 1.54) is 20.2 Å². The van der Waals surface area contributed by atoms with E-state index in [0.29, 0.717) is 0 Å². The van der Waals surface area contributed by atoms with Crippen LogP contribution in [0.4, 0.5) is 4.39 Å². The molecule has 0 saturated carbocycles. The van der Waals surface area contributed by atoms with Crippen LogP contribution in [0.2, 0.25) is 0 Å². The highest BCUT2D eigenvalue weighted by Gasteiger charge is 2.14. The number of fused-ring (bicyclic) bond motifs is 2. The Bertz CT molecular complexity index is 593. The van der Waals surface area contributed by atoms with E-state index in [1.807, 2.05) is 6.07 Å². The van der Waals surface area contributed by atoms with Crippen LogP contribution in [0.3, 0.4) is 0 Å². The molecule has 1 aliphatic heterocycles. The van der Waals surface area contributed by atoms with Crippen molar-refractivity contribution in [2.75, 3.05) is 6.26 Å². The molecule has 2 aromatic carbocycles. The summed E-state index contributed by atoms with van der Waals surface area (Å²) in [5.41, 5.74) is 2.50. The molecule has 0 N–H and O–H groups in total. The van der Waals surface area contributed by atoms with Gasteiger partial charge in [-0.1, -0.05) is 11.8 Å². The van der Waals surface area contributed by atoms with Crippen LogP contribution in [0.25, 0.3) is 0 Å². The monoisotopic (exact) mass is 276 g/mol. The molecule has 0 amide bonds. The van der Waals surface area contributed by atoms with E-state index < -0.39 is 0 Å². The number of rotatable bonds is 1. The highest BCUT2D eigenvalue weighted by Crippen LogP contribution is 2.38. The summed E-state index contributed by atoms with van der Waals surface area (Å²) in [7, 11) is 0. The van der Waals surface area contributed by atoms with Crippen LogP contribution in [0.1, 0.15) is 11.1 Å². The molecule has 0 atom stereocenters. The van der Waals surface area contributed by atoms with Crippen LogP contribution in [-0.4, -0.2) is 6.26 Å². The lowest BCUT2D eigenvalue weighted by molar-refractivity contribution is 0.623. The maximum absolute atomic E-state index is 13.3. The fraction of sp³-hybridized carbons (Fsp3) is 0.200. The first kappa shape index (κ1) is 12.1. The first-order valence-electron chi connectivity index (χ1n) is 5.89. The van der Waals surface area contributed by atoms with Gasteiger partial charge in [-0.05, 0) is 66.6 Å². The van der Waals surface area contributed by atoms with Gasteiger partial charge in [-0.3, -0.25) is 0 Å². The number of hydrogen-bond acceptors (Lipinski definition) is 2. The van der Waals surface area contributed by atoms with Gasteiger partial charge in [0, 0.05) is 14.7 Å². The summed E-state index contributed by atoms with van der Waals surface area (Å²) >= 11 is 3.52. The summed E-state index contributed by atoms with van der Waals surface area (Å²) in [6, 6.07) is 11.7. The van der Waals surface area contributed by atoms with Crippen LogP contribution in [0, 0.1) is 5.82 Å².